The molecule has 7 nitrogen and oxygen atoms in total. The highest BCUT2D eigenvalue weighted by molar-refractivity contribution is 6.07. The van der Waals surface area contributed by atoms with Gasteiger partial charge in [-0.25, -0.2) is 9.69 Å². The predicted molar refractivity (Wildman–Crippen MR) is 85.4 cm³/mol. The van der Waals surface area contributed by atoms with Gasteiger partial charge in [-0.05, 0) is 19.9 Å². The Morgan fingerprint density at radius 1 is 1.26 bits per heavy atom. The minimum absolute atomic E-state index is 0.0533. The summed E-state index contributed by atoms with van der Waals surface area (Å²) < 4.78 is 1.75. The van der Waals surface area contributed by atoms with Crippen molar-refractivity contribution in [3.63, 3.8) is 0 Å². The van der Waals surface area contributed by atoms with Gasteiger partial charge in [-0.1, -0.05) is 25.7 Å². The molecule has 3 rings (SSSR count). The second-order valence-corrected chi connectivity index (χ2v) is 6.84. The lowest BCUT2D eigenvalue weighted by Crippen LogP contribution is -2.47. The van der Waals surface area contributed by atoms with E-state index in [9.17, 15) is 9.59 Å². The highest BCUT2D eigenvalue weighted by atomic mass is 16.2. The van der Waals surface area contributed by atoms with E-state index in [1.54, 1.807) is 10.9 Å². The van der Waals surface area contributed by atoms with Crippen molar-refractivity contribution >= 4 is 11.9 Å². The van der Waals surface area contributed by atoms with Crippen molar-refractivity contribution in [2.24, 2.45) is 7.05 Å². The molecule has 1 N–H and O–H groups in total. The molecule has 2 fully saturated rings. The van der Waals surface area contributed by atoms with Crippen LogP contribution >= 0.6 is 0 Å². The number of hydrogen-bond donors (Lipinski definition) is 1. The van der Waals surface area contributed by atoms with Gasteiger partial charge in [0.2, 0.25) is 0 Å². The molecule has 7 heteroatoms. The summed E-state index contributed by atoms with van der Waals surface area (Å²) in [5.74, 6) is -0.0533. The van der Waals surface area contributed by atoms with Gasteiger partial charge in [-0.3, -0.25) is 14.4 Å². The lowest BCUT2D eigenvalue weighted by Gasteiger charge is -2.26. The quantitative estimate of drug-likeness (QED) is 0.853. The number of aromatic nitrogens is 2. The van der Waals surface area contributed by atoms with Gasteiger partial charge < -0.3 is 5.32 Å². The summed E-state index contributed by atoms with van der Waals surface area (Å²) in [6, 6.07) is -0.255. The molecule has 1 saturated heterocycles. The molecule has 2 aliphatic rings. The molecule has 0 unspecified atom stereocenters. The van der Waals surface area contributed by atoms with Gasteiger partial charge in [0, 0.05) is 25.4 Å². The maximum Gasteiger partial charge on any atom is 0.326 e. The summed E-state index contributed by atoms with van der Waals surface area (Å²) in [6.45, 7) is 0.958. The van der Waals surface area contributed by atoms with Crippen molar-refractivity contribution in [1.29, 1.82) is 0 Å². The fraction of sp³-hybridized carbons (Fsp3) is 0.688. The number of nitrogens with one attached hydrogen (secondary N) is 1. The number of amides is 3. The third-order valence-electron chi connectivity index (χ3n) is 4.80. The van der Waals surface area contributed by atoms with Crippen LogP contribution in [0.3, 0.4) is 0 Å². The van der Waals surface area contributed by atoms with Crippen LogP contribution in [0, 0.1) is 0 Å². The Bertz CT molecular complexity index is 589. The number of aryl methyl sites for hydroxylation is 1. The minimum atomic E-state index is -0.650. The smallest absolute Gasteiger partial charge is 0.323 e. The minimum Gasteiger partial charge on any atom is -0.323 e. The van der Waals surface area contributed by atoms with Crippen LogP contribution in [0.25, 0.3) is 0 Å². The van der Waals surface area contributed by atoms with Gasteiger partial charge >= 0.3 is 6.03 Å². The monoisotopic (exact) mass is 319 g/mol. The number of carbonyl (C=O) groups is 2. The van der Waals surface area contributed by atoms with Crippen molar-refractivity contribution in [2.45, 2.75) is 50.6 Å². The van der Waals surface area contributed by atoms with Gasteiger partial charge in [0.15, 0.2) is 0 Å². The van der Waals surface area contributed by atoms with E-state index in [0.717, 1.165) is 44.1 Å². The molecule has 23 heavy (non-hydrogen) atoms. The number of carbonyl (C=O) groups excluding carboxylic acids is 2. The molecule has 1 aliphatic heterocycles. The molecule has 1 aliphatic carbocycles. The Morgan fingerprint density at radius 3 is 2.57 bits per heavy atom. The highest BCUT2D eigenvalue weighted by Crippen LogP contribution is 2.32. The molecule has 1 spiro atoms. The van der Waals surface area contributed by atoms with Gasteiger partial charge in [0.05, 0.1) is 12.9 Å². The summed E-state index contributed by atoms with van der Waals surface area (Å²) in [5.41, 5.74) is 0.411. The van der Waals surface area contributed by atoms with Gasteiger partial charge in [-0.15, -0.1) is 0 Å². The summed E-state index contributed by atoms with van der Waals surface area (Å²) in [7, 11) is 3.78. The SMILES string of the molecule is CN(Cc1cnn(C)c1)CN1C(=O)NC2(CCCCCC2)C1=O. The Labute approximate surface area is 136 Å². The van der Waals surface area contributed by atoms with E-state index in [1.165, 1.54) is 4.90 Å². The lowest BCUT2D eigenvalue weighted by atomic mass is 9.90. The molecule has 1 aromatic heterocycles. The third-order valence-corrected chi connectivity index (χ3v) is 4.80. The van der Waals surface area contributed by atoms with E-state index in [-0.39, 0.29) is 11.9 Å². The fourth-order valence-electron chi connectivity index (χ4n) is 3.63. The Morgan fingerprint density at radius 2 is 1.96 bits per heavy atom. The van der Waals surface area contributed by atoms with E-state index >= 15 is 0 Å². The zero-order valence-corrected chi connectivity index (χ0v) is 13.9. The molecule has 0 bridgehead atoms. The van der Waals surface area contributed by atoms with E-state index in [1.807, 2.05) is 25.2 Å². The van der Waals surface area contributed by atoms with Crippen LogP contribution in [-0.2, 0) is 18.4 Å². The number of urea groups is 1. The normalized spacial score (nSPS) is 21.1. The standard InChI is InChI=1S/C16H25N5O2/c1-19(10-13-9-17-20(2)11-13)12-21-14(22)16(18-15(21)23)7-5-3-4-6-8-16/h9,11H,3-8,10,12H2,1-2H3,(H,18,23). The summed E-state index contributed by atoms with van der Waals surface area (Å²) in [5, 5.41) is 7.12. The lowest BCUT2D eigenvalue weighted by molar-refractivity contribution is -0.133. The first-order chi connectivity index (χ1) is 11.0. The highest BCUT2D eigenvalue weighted by Gasteiger charge is 2.50. The number of rotatable bonds is 4. The zero-order chi connectivity index (χ0) is 16.4. The van der Waals surface area contributed by atoms with E-state index < -0.39 is 5.54 Å². The van der Waals surface area contributed by atoms with Crippen molar-refractivity contribution in [1.82, 2.24) is 24.9 Å². The second-order valence-electron chi connectivity index (χ2n) is 6.84. The topological polar surface area (TPSA) is 70.5 Å². The maximum absolute atomic E-state index is 12.8. The first-order valence-electron chi connectivity index (χ1n) is 8.30. The van der Waals surface area contributed by atoms with Crippen LogP contribution < -0.4 is 5.32 Å². The summed E-state index contributed by atoms with van der Waals surface area (Å²) >= 11 is 0. The third kappa shape index (κ3) is 3.24. The van der Waals surface area contributed by atoms with Gasteiger partial charge in [-0.2, -0.15) is 5.10 Å². The van der Waals surface area contributed by atoms with Crippen LogP contribution in [-0.4, -0.2) is 50.8 Å². The van der Waals surface area contributed by atoms with Crippen molar-refractivity contribution < 1.29 is 9.59 Å². The summed E-state index contributed by atoms with van der Waals surface area (Å²) in [4.78, 5) is 28.5. The Kier molecular flexibility index (Phi) is 4.39. The van der Waals surface area contributed by atoms with Gasteiger partial charge in [0.25, 0.3) is 5.91 Å². The first kappa shape index (κ1) is 16.0. The van der Waals surface area contributed by atoms with E-state index in [0.29, 0.717) is 13.2 Å². The maximum atomic E-state index is 12.8. The number of nitrogens with zero attached hydrogens (tertiary/aromatic N) is 4. The summed E-state index contributed by atoms with van der Waals surface area (Å²) in [6.07, 6.45) is 9.57. The molecule has 0 radical (unpaired) electrons. The molecule has 2 heterocycles. The zero-order valence-electron chi connectivity index (χ0n) is 13.9. The Balaban J connectivity index is 1.65. The fourth-order valence-corrected chi connectivity index (χ4v) is 3.63. The predicted octanol–water partition coefficient (Wildman–Crippen LogP) is 1.45. The molecule has 126 valence electrons. The van der Waals surface area contributed by atoms with Crippen molar-refractivity contribution in [2.75, 3.05) is 13.7 Å². The van der Waals surface area contributed by atoms with Crippen LogP contribution in [0.4, 0.5) is 4.79 Å². The average molecular weight is 319 g/mol. The molecular formula is C16H25N5O2. The molecule has 1 aromatic rings. The molecule has 1 saturated carbocycles. The van der Waals surface area contributed by atoms with E-state index in [2.05, 4.69) is 10.4 Å². The Hall–Kier alpha value is -1.89. The van der Waals surface area contributed by atoms with Crippen LogP contribution in [0.1, 0.15) is 44.1 Å². The number of hydrogen-bond acceptors (Lipinski definition) is 4. The van der Waals surface area contributed by atoms with Crippen molar-refractivity contribution in [3.05, 3.63) is 18.0 Å². The first-order valence-corrected chi connectivity index (χ1v) is 8.30. The van der Waals surface area contributed by atoms with Crippen LogP contribution in [0.5, 0.6) is 0 Å². The largest absolute Gasteiger partial charge is 0.326 e. The van der Waals surface area contributed by atoms with E-state index in [4.69, 9.17) is 0 Å². The average Bonchev–Trinajstić information content (AvgIpc) is 2.88. The van der Waals surface area contributed by atoms with Gasteiger partial charge in [0.1, 0.15) is 5.54 Å². The molecule has 0 atom stereocenters. The number of imide groups is 1. The van der Waals surface area contributed by atoms with Crippen molar-refractivity contribution in [3.8, 4) is 0 Å². The molecule has 0 aromatic carbocycles. The van der Waals surface area contributed by atoms with Crippen LogP contribution in [0.15, 0.2) is 12.4 Å². The van der Waals surface area contributed by atoms with Crippen LogP contribution in [0.2, 0.25) is 0 Å². The molecular weight excluding hydrogens is 294 g/mol. The molecule has 3 amide bonds. The second kappa shape index (κ2) is 6.31.